The highest BCUT2D eigenvalue weighted by molar-refractivity contribution is 7.89. The third-order valence-electron chi connectivity index (χ3n) is 3.84. The predicted octanol–water partition coefficient (Wildman–Crippen LogP) is 2.08. The molecule has 1 saturated heterocycles. The van der Waals surface area contributed by atoms with Gasteiger partial charge in [0.15, 0.2) is 0 Å². The first kappa shape index (κ1) is 15.5. The number of aromatic nitrogens is 1. The van der Waals surface area contributed by atoms with Gasteiger partial charge in [0.25, 0.3) is 5.56 Å². The molecule has 1 unspecified atom stereocenters. The van der Waals surface area contributed by atoms with Crippen molar-refractivity contribution >= 4 is 21.6 Å². The van der Waals surface area contributed by atoms with Gasteiger partial charge < -0.3 is 4.98 Å². The van der Waals surface area contributed by atoms with Crippen molar-refractivity contribution in [2.75, 3.05) is 13.1 Å². The van der Waals surface area contributed by atoms with E-state index in [0.29, 0.717) is 19.0 Å². The van der Waals surface area contributed by atoms with Crippen molar-refractivity contribution < 1.29 is 8.42 Å². The second-order valence-corrected chi connectivity index (χ2v) is 8.57. The zero-order chi connectivity index (χ0) is 15.1. The average molecular weight is 319 g/mol. The Balaban J connectivity index is 2.28. The molecule has 1 aliphatic heterocycles. The summed E-state index contributed by atoms with van der Waals surface area (Å²) in [6.45, 7) is 7.35. The molecule has 0 amide bonds. The third-order valence-corrected chi connectivity index (χ3v) is 5.97. The number of aromatic amines is 1. The van der Waals surface area contributed by atoms with Crippen molar-refractivity contribution in [3.05, 3.63) is 27.6 Å². The van der Waals surface area contributed by atoms with Gasteiger partial charge in [0.1, 0.15) is 5.02 Å². The number of hydrogen-bond donors (Lipinski definition) is 1. The standard InChI is InChI=1S/C13H19ClN2O3S/c1-13(2,3)9-4-5-16(8-9)20(18,19)10-6-11(14)12(17)15-7-10/h6-7,9H,4-5,8H2,1-3H3,(H,15,17). The van der Waals surface area contributed by atoms with Crippen LogP contribution in [0.5, 0.6) is 0 Å². The third kappa shape index (κ3) is 2.92. The van der Waals surface area contributed by atoms with Gasteiger partial charge in [-0.15, -0.1) is 0 Å². The van der Waals surface area contributed by atoms with Gasteiger partial charge in [0.05, 0.1) is 4.90 Å². The fourth-order valence-corrected chi connectivity index (χ4v) is 4.12. The molecule has 1 aromatic heterocycles. The number of rotatable bonds is 2. The number of halogens is 1. The lowest BCUT2D eigenvalue weighted by Gasteiger charge is -2.26. The number of hydrogen-bond acceptors (Lipinski definition) is 3. The molecule has 0 saturated carbocycles. The van der Waals surface area contributed by atoms with E-state index < -0.39 is 15.6 Å². The second kappa shape index (κ2) is 5.16. The van der Waals surface area contributed by atoms with E-state index in [0.717, 1.165) is 6.42 Å². The number of nitrogens with one attached hydrogen (secondary N) is 1. The fourth-order valence-electron chi connectivity index (χ4n) is 2.39. The lowest BCUT2D eigenvalue weighted by molar-refractivity contribution is 0.252. The van der Waals surface area contributed by atoms with Crippen molar-refractivity contribution in [1.29, 1.82) is 0 Å². The minimum absolute atomic E-state index is 0.0386. The van der Waals surface area contributed by atoms with Crippen LogP contribution < -0.4 is 5.56 Å². The van der Waals surface area contributed by atoms with Gasteiger partial charge in [-0.2, -0.15) is 4.31 Å². The van der Waals surface area contributed by atoms with Crippen LogP contribution in [0, 0.1) is 11.3 Å². The van der Waals surface area contributed by atoms with E-state index in [2.05, 4.69) is 25.8 Å². The lowest BCUT2D eigenvalue weighted by Crippen LogP contribution is -2.31. The first-order valence-corrected chi connectivity index (χ1v) is 8.32. The molecule has 1 aromatic rings. The van der Waals surface area contributed by atoms with Crippen LogP contribution in [0.1, 0.15) is 27.2 Å². The van der Waals surface area contributed by atoms with E-state index in [4.69, 9.17) is 11.6 Å². The summed E-state index contributed by atoms with van der Waals surface area (Å²) in [6.07, 6.45) is 2.05. The van der Waals surface area contributed by atoms with E-state index in [1.165, 1.54) is 16.6 Å². The molecule has 20 heavy (non-hydrogen) atoms. The van der Waals surface area contributed by atoms with Gasteiger partial charge in [0, 0.05) is 19.3 Å². The fraction of sp³-hybridized carbons (Fsp3) is 0.615. The Hall–Kier alpha value is -0.850. The first-order chi connectivity index (χ1) is 9.12. The van der Waals surface area contributed by atoms with Crippen molar-refractivity contribution in [3.8, 4) is 0 Å². The Labute approximate surface area is 124 Å². The normalized spacial score (nSPS) is 21.3. The van der Waals surface area contributed by atoms with Crippen LogP contribution in [-0.2, 0) is 10.0 Å². The first-order valence-electron chi connectivity index (χ1n) is 6.51. The minimum atomic E-state index is -3.59. The summed E-state index contributed by atoms with van der Waals surface area (Å²) in [5.74, 6) is 0.329. The SMILES string of the molecule is CC(C)(C)C1CCN(S(=O)(=O)c2c[nH]c(=O)c(Cl)c2)C1. The molecule has 0 spiro atoms. The largest absolute Gasteiger partial charge is 0.326 e. The summed E-state index contributed by atoms with van der Waals surface area (Å²) < 4.78 is 26.5. The molecule has 1 N–H and O–H groups in total. The van der Waals surface area contributed by atoms with Crippen LogP contribution in [0.2, 0.25) is 5.02 Å². The topological polar surface area (TPSA) is 70.2 Å². The van der Waals surface area contributed by atoms with Crippen molar-refractivity contribution in [2.45, 2.75) is 32.1 Å². The molecule has 7 heteroatoms. The van der Waals surface area contributed by atoms with Crippen molar-refractivity contribution in [3.63, 3.8) is 0 Å². The van der Waals surface area contributed by atoms with Gasteiger partial charge in [-0.1, -0.05) is 32.4 Å². The quantitative estimate of drug-likeness (QED) is 0.907. The summed E-state index contributed by atoms with van der Waals surface area (Å²) in [6, 6.07) is 1.21. The number of nitrogens with zero attached hydrogens (tertiary/aromatic N) is 1. The molecule has 1 atom stereocenters. The van der Waals surface area contributed by atoms with E-state index >= 15 is 0 Å². The Kier molecular flexibility index (Phi) is 4.01. The summed E-state index contributed by atoms with van der Waals surface area (Å²) in [4.78, 5) is 13.6. The molecule has 112 valence electrons. The van der Waals surface area contributed by atoms with Crippen LogP contribution in [-0.4, -0.2) is 30.8 Å². The highest BCUT2D eigenvalue weighted by Crippen LogP contribution is 2.35. The highest BCUT2D eigenvalue weighted by atomic mass is 35.5. The van der Waals surface area contributed by atoms with E-state index in [1.807, 2.05) is 0 Å². The monoisotopic (exact) mass is 318 g/mol. The summed E-state index contributed by atoms with van der Waals surface area (Å²) in [7, 11) is -3.59. The van der Waals surface area contributed by atoms with Crippen molar-refractivity contribution in [1.82, 2.24) is 9.29 Å². The smallest absolute Gasteiger partial charge is 0.266 e. The number of pyridine rings is 1. The Morgan fingerprint density at radius 3 is 2.55 bits per heavy atom. The molecule has 0 bridgehead atoms. The predicted molar refractivity (Wildman–Crippen MR) is 78.4 cm³/mol. The molecular formula is C13H19ClN2O3S. The zero-order valence-corrected chi connectivity index (χ0v) is 13.4. The Morgan fingerprint density at radius 1 is 1.40 bits per heavy atom. The molecule has 1 fully saturated rings. The van der Waals surface area contributed by atoms with E-state index in [1.54, 1.807) is 0 Å². The maximum absolute atomic E-state index is 12.5. The summed E-state index contributed by atoms with van der Waals surface area (Å²) in [5.41, 5.74) is -0.410. The molecular weight excluding hydrogens is 300 g/mol. The molecule has 0 aromatic carbocycles. The van der Waals surface area contributed by atoms with E-state index in [-0.39, 0.29) is 15.3 Å². The molecule has 2 rings (SSSR count). The van der Waals surface area contributed by atoms with Gasteiger partial charge >= 0.3 is 0 Å². The summed E-state index contributed by atoms with van der Waals surface area (Å²) in [5, 5.41) is -0.113. The van der Waals surface area contributed by atoms with Crippen molar-refractivity contribution in [2.24, 2.45) is 11.3 Å². The molecule has 1 aliphatic rings. The van der Waals surface area contributed by atoms with Crippen LogP contribution >= 0.6 is 11.6 Å². The summed E-state index contributed by atoms with van der Waals surface area (Å²) >= 11 is 5.70. The second-order valence-electron chi connectivity index (χ2n) is 6.23. The molecule has 0 radical (unpaired) electrons. The molecule has 5 nitrogen and oxygen atoms in total. The van der Waals surface area contributed by atoms with E-state index in [9.17, 15) is 13.2 Å². The Bertz CT molecular complexity index is 661. The Morgan fingerprint density at radius 2 is 2.05 bits per heavy atom. The maximum Gasteiger partial charge on any atom is 0.266 e. The maximum atomic E-state index is 12.5. The highest BCUT2D eigenvalue weighted by Gasteiger charge is 2.37. The molecule has 0 aliphatic carbocycles. The van der Waals surface area contributed by atoms with Crippen LogP contribution in [0.4, 0.5) is 0 Å². The van der Waals surface area contributed by atoms with Gasteiger partial charge in [-0.3, -0.25) is 4.79 Å². The van der Waals surface area contributed by atoms with Crippen LogP contribution in [0.3, 0.4) is 0 Å². The van der Waals surface area contributed by atoms with Gasteiger partial charge in [-0.25, -0.2) is 8.42 Å². The lowest BCUT2D eigenvalue weighted by atomic mass is 9.80. The number of H-pyrrole nitrogens is 1. The molecule has 2 heterocycles. The zero-order valence-electron chi connectivity index (χ0n) is 11.8. The average Bonchev–Trinajstić information content (AvgIpc) is 2.82. The van der Waals surface area contributed by atoms with Gasteiger partial charge in [0.2, 0.25) is 10.0 Å². The number of sulfonamides is 1. The van der Waals surface area contributed by atoms with Gasteiger partial charge in [-0.05, 0) is 23.8 Å². The van der Waals surface area contributed by atoms with Crippen LogP contribution in [0.15, 0.2) is 22.0 Å². The van der Waals surface area contributed by atoms with Crippen LogP contribution in [0.25, 0.3) is 0 Å². The minimum Gasteiger partial charge on any atom is -0.326 e.